The van der Waals surface area contributed by atoms with Crippen LogP contribution in [-0.2, 0) is 4.79 Å². The molecule has 0 radical (unpaired) electrons. The first-order valence-electron chi connectivity index (χ1n) is 10.1. The molecule has 0 saturated carbocycles. The highest BCUT2D eigenvalue weighted by molar-refractivity contribution is 6.00. The number of rotatable bonds is 8. The van der Waals surface area contributed by atoms with Crippen LogP contribution >= 0.6 is 0 Å². The number of nitrogens with zero attached hydrogens (tertiary/aromatic N) is 3. The maximum atomic E-state index is 12.9. The zero-order valence-electron chi connectivity index (χ0n) is 17.5. The van der Waals surface area contributed by atoms with Crippen LogP contribution < -0.4 is 10.2 Å². The monoisotopic (exact) mass is 440 g/mol. The van der Waals surface area contributed by atoms with E-state index in [1.165, 1.54) is 6.21 Å². The molecule has 1 heterocycles. The Kier molecular flexibility index (Phi) is 6.56. The van der Waals surface area contributed by atoms with E-state index in [4.69, 9.17) is 9.84 Å². The molecule has 0 aliphatic heterocycles. The number of carbonyl (C=O) groups excluding carboxylic acids is 1. The van der Waals surface area contributed by atoms with Crippen LogP contribution in [0.3, 0.4) is 0 Å². The molecule has 33 heavy (non-hydrogen) atoms. The Morgan fingerprint density at radius 3 is 2.30 bits per heavy atom. The van der Waals surface area contributed by atoms with Crippen molar-refractivity contribution in [2.45, 2.75) is 0 Å². The molecule has 3 aromatic carbocycles. The van der Waals surface area contributed by atoms with Crippen LogP contribution in [0, 0.1) is 0 Å². The summed E-state index contributed by atoms with van der Waals surface area (Å²) in [6.07, 6.45) is 3.17. The van der Waals surface area contributed by atoms with Crippen LogP contribution in [-0.4, -0.2) is 39.6 Å². The average Bonchev–Trinajstić information content (AvgIpc) is 3.30. The molecule has 8 nitrogen and oxygen atoms in total. The van der Waals surface area contributed by atoms with Gasteiger partial charge < -0.3 is 9.84 Å². The maximum Gasteiger partial charge on any atom is 0.341 e. The van der Waals surface area contributed by atoms with E-state index in [0.717, 1.165) is 11.3 Å². The largest absolute Gasteiger partial charge is 0.482 e. The molecule has 4 rings (SSSR count). The van der Waals surface area contributed by atoms with Crippen molar-refractivity contribution in [3.63, 3.8) is 0 Å². The molecule has 1 aromatic heterocycles. The normalized spacial score (nSPS) is 10.8. The second kappa shape index (κ2) is 10.1. The zero-order chi connectivity index (χ0) is 23.0. The van der Waals surface area contributed by atoms with Gasteiger partial charge in [0.15, 0.2) is 6.61 Å². The summed E-state index contributed by atoms with van der Waals surface area (Å²) in [6.45, 7) is -0.413. The molecule has 8 heteroatoms. The van der Waals surface area contributed by atoms with Crippen molar-refractivity contribution in [1.29, 1.82) is 0 Å². The lowest BCUT2D eigenvalue weighted by Crippen LogP contribution is -2.18. The minimum absolute atomic E-state index is 0.389. The number of para-hydroxylation sites is 1. The summed E-state index contributed by atoms with van der Waals surface area (Å²) in [5, 5.41) is 17.3. The van der Waals surface area contributed by atoms with E-state index in [0.29, 0.717) is 22.6 Å². The Hall–Kier alpha value is -4.72. The fraction of sp³-hybridized carbons (Fsp3) is 0.0400. The van der Waals surface area contributed by atoms with Crippen molar-refractivity contribution in [1.82, 2.24) is 15.2 Å². The number of hydrazone groups is 1. The number of hydrogen-bond acceptors (Lipinski definition) is 5. The second-order valence-electron chi connectivity index (χ2n) is 6.99. The maximum absolute atomic E-state index is 12.9. The van der Waals surface area contributed by atoms with Gasteiger partial charge in [-0.15, -0.1) is 0 Å². The summed E-state index contributed by atoms with van der Waals surface area (Å²) in [5.74, 6) is -1.01. The van der Waals surface area contributed by atoms with Crippen LogP contribution in [0.2, 0.25) is 0 Å². The summed E-state index contributed by atoms with van der Waals surface area (Å²) >= 11 is 0. The second-order valence-corrected chi connectivity index (χ2v) is 6.99. The molecule has 0 spiro atoms. The summed E-state index contributed by atoms with van der Waals surface area (Å²) in [5.41, 5.74) is 5.84. The molecule has 4 aromatic rings. The number of carboxylic acids is 1. The standard InChI is InChI=1S/C25H20N4O4/c30-23(31)17-33-21-13-11-18(12-14-21)15-26-27-25(32)22-16-29(20-9-5-2-6-10-20)28-24(22)19-7-3-1-4-8-19/h1-16H,17H2,(H,27,32)(H,30,31). The minimum atomic E-state index is -1.05. The molecule has 1 amide bonds. The van der Waals surface area contributed by atoms with Crippen LogP contribution in [0.5, 0.6) is 5.75 Å². The van der Waals surface area contributed by atoms with E-state index < -0.39 is 18.5 Å². The van der Waals surface area contributed by atoms with Crippen molar-refractivity contribution in [2.75, 3.05) is 6.61 Å². The molecular weight excluding hydrogens is 420 g/mol. The van der Waals surface area contributed by atoms with Crippen molar-refractivity contribution in [3.8, 4) is 22.7 Å². The van der Waals surface area contributed by atoms with Crippen molar-refractivity contribution in [2.24, 2.45) is 5.10 Å². The van der Waals surface area contributed by atoms with E-state index in [1.54, 1.807) is 35.1 Å². The van der Waals surface area contributed by atoms with E-state index >= 15 is 0 Å². The van der Waals surface area contributed by atoms with Crippen LogP contribution in [0.4, 0.5) is 0 Å². The molecule has 0 aliphatic rings. The molecule has 0 fully saturated rings. The lowest BCUT2D eigenvalue weighted by Gasteiger charge is -2.03. The molecule has 0 saturated heterocycles. The van der Waals surface area contributed by atoms with E-state index in [-0.39, 0.29) is 0 Å². The van der Waals surface area contributed by atoms with Crippen LogP contribution in [0.15, 0.2) is 96.2 Å². The van der Waals surface area contributed by atoms with Gasteiger partial charge in [0, 0.05) is 11.8 Å². The molecule has 0 atom stereocenters. The molecule has 164 valence electrons. The molecule has 2 N–H and O–H groups in total. The SMILES string of the molecule is O=C(O)COc1ccc(C=NNC(=O)c2cn(-c3ccccc3)nc2-c2ccccc2)cc1. The quantitative estimate of drug-likeness (QED) is 0.321. The molecule has 0 unspecified atom stereocenters. The van der Waals surface area contributed by atoms with Gasteiger partial charge in [0.25, 0.3) is 5.91 Å². The first kappa shape index (κ1) is 21.5. The van der Waals surface area contributed by atoms with Gasteiger partial charge in [0.2, 0.25) is 0 Å². The van der Waals surface area contributed by atoms with Crippen molar-refractivity contribution in [3.05, 3.63) is 102 Å². The minimum Gasteiger partial charge on any atom is -0.482 e. The van der Waals surface area contributed by atoms with Gasteiger partial charge in [-0.25, -0.2) is 14.9 Å². The predicted octanol–water partition coefficient (Wildman–Crippen LogP) is 3.77. The Bertz CT molecular complexity index is 1270. The third kappa shape index (κ3) is 5.50. The summed E-state index contributed by atoms with van der Waals surface area (Å²) < 4.78 is 6.76. The third-order valence-electron chi connectivity index (χ3n) is 4.65. The first-order chi connectivity index (χ1) is 16.1. The van der Waals surface area contributed by atoms with Gasteiger partial charge in [0.05, 0.1) is 17.5 Å². The Morgan fingerprint density at radius 2 is 1.64 bits per heavy atom. The lowest BCUT2D eigenvalue weighted by molar-refractivity contribution is -0.139. The number of carboxylic acid groups (broad SMARTS) is 1. The Labute approximate surface area is 189 Å². The number of ether oxygens (including phenoxy) is 1. The van der Waals surface area contributed by atoms with Gasteiger partial charge in [-0.05, 0) is 42.0 Å². The van der Waals surface area contributed by atoms with Crippen LogP contribution in [0.1, 0.15) is 15.9 Å². The molecule has 0 aliphatic carbocycles. The van der Waals surface area contributed by atoms with Crippen molar-refractivity contribution < 1.29 is 19.4 Å². The third-order valence-corrected chi connectivity index (χ3v) is 4.65. The highest BCUT2D eigenvalue weighted by atomic mass is 16.5. The van der Waals surface area contributed by atoms with Gasteiger partial charge in [-0.1, -0.05) is 48.5 Å². The van der Waals surface area contributed by atoms with Gasteiger partial charge in [-0.3, -0.25) is 4.79 Å². The summed E-state index contributed by atoms with van der Waals surface area (Å²) in [4.78, 5) is 23.5. The summed E-state index contributed by atoms with van der Waals surface area (Å²) in [6, 6.07) is 25.7. The van der Waals surface area contributed by atoms with Crippen molar-refractivity contribution >= 4 is 18.1 Å². The number of carbonyl (C=O) groups is 2. The Morgan fingerprint density at radius 1 is 0.970 bits per heavy atom. The lowest BCUT2D eigenvalue weighted by atomic mass is 10.1. The van der Waals surface area contributed by atoms with Gasteiger partial charge in [-0.2, -0.15) is 10.2 Å². The van der Waals surface area contributed by atoms with Crippen LogP contribution in [0.25, 0.3) is 16.9 Å². The molecule has 0 bridgehead atoms. The zero-order valence-corrected chi connectivity index (χ0v) is 17.5. The van der Waals surface area contributed by atoms with Gasteiger partial charge >= 0.3 is 5.97 Å². The highest BCUT2D eigenvalue weighted by Gasteiger charge is 2.18. The number of nitrogens with one attached hydrogen (secondary N) is 1. The smallest absolute Gasteiger partial charge is 0.341 e. The fourth-order valence-corrected chi connectivity index (χ4v) is 3.08. The average molecular weight is 440 g/mol. The topological polar surface area (TPSA) is 106 Å². The number of hydrogen-bond donors (Lipinski definition) is 2. The fourth-order valence-electron chi connectivity index (χ4n) is 3.08. The summed E-state index contributed by atoms with van der Waals surface area (Å²) in [7, 11) is 0. The Balaban J connectivity index is 1.51. The number of amides is 1. The van der Waals surface area contributed by atoms with E-state index in [1.807, 2.05) is 60.7 Å². The molecular formula is C25H20N4O4. The number of aliphatic carboxylic acids is 1. The van der Waals surface area contributed by atoms with E-state index in [9.17, 15) is 9.59 Å². The first-order valence-corrected chi connectivity index (χ1v) is 10.1. The highest BCUT2D eigenvalue weighted by Crippen LogP contribution is 2.23. The number of benzene rings is 3. The van der Waals surface area contributed by atoms with Gasteiger partial charge in [0.1, 0.15) is 11.4 Å². The van der Waals surface area contributed by atoms with E-state index in [2.05, 4.69) is 15.6 Å². The predicted molar refractivity (Wildman–Crippen MR) is 124 cm³/mol. The number of aromatic nitrogens is 2.